The van der Waals surface area contributed by atoms with E-state index in [1.807, 2.05) is 7.05 Å². The number of hydrogen-bond acceptors (Lipinski definition) is 3. The number of hydrogen-bond donors (Lipinski definition) is 1. The highest BCUT2D eigenvalue weighted by molar-refractivity contribution is 4.80. The lowest BCUT2D eigenvalue weighted by atomic mass is 10.0. The predicted molar refractivity (Wildman–Crippen MR) is 70.9 cm³/mol. The van der Waals surface area contributed by atoms with Crippen LogP contribution in [0, 0.1) is 0 Å². The molecule has 0 bridgehead atoms. The monoisotopic (exact) mass is 227 g/mol. The quantitative estimate of drug-likeness (QED) is 0.740. The van der Waals surface area contributed by atoms with E-state index in [0.717, 1.165) is 12.6 Å². The van der Waals surface area contributed by atoms with Gasteiger partial charge >= 0.3 is 0 Å². The zero-order chi connectivity index (χ0) is 12.0. The minimum absolute atomic E-state index is 0.700. The van der Waals surface area contributed by atoms with Gasteiger partial charge < -0.3 is 15.1 Å². The van der Waals surface area contributed by atoms with E-state index in [1.54, 1.807) is 0 Å². The second-order valence-electron chi connectivity index (χ2n) is 5.07. The lowest BCUT2D eigenvalue weighted by Gasteiger charge is -2.39. The molecule has 0 aliphatic carbocycles. The van der Waals surface area contributed by atoms with E-state index in [2.05, 4.69) is 36.0 Å². The summed E-state index contributed by atoms with van der Waals surface area (Å²) in [5.74, 6) is 0. The second kappa shape index (κ2) is 7.25. The SMILES string of the molecule is CCN1CCC(N(C)C(C)CCNC)CC1. The molecule has 3 heteroatoms. The third-order valence-electron chi connectivity index (χ3n) is 4.09. The molecule has 1 atom stereocenters. The van der Waals surface area contributed by atoms with Gasteiger partial charge in [0.15, 0.2) is 0 Å². The molecule has 1 aliphatic heterocycles. The first kappa shape index (κ1) is 13.9. The van der Waals surface area contributed by atoms with Crippen LogP contribution in [-0.2, 0) is 0 Å². The molecular formula is C13H29N3. The highest BCUT2D eigenvalue weighted by atomic mass is 15.2. The lowest BCUT2D eigenvalue weighted by molar-refractivity contribution is 0.101. The molecule has 1 aliphatic rings. The molecule has 1 N–H and O–H groups in total. The van der Waals surface area contributed by atoms with E-state index in [4.69, 9.17) is 0 Å². The summed E-state index contributed by atoms with van der Waals surface area (Å²) in [5, 5.41) is 3.24. The number of likely N-dealkylation sites (tertiary alicyclic amines) is 1. The summed E-state index contributed by atoms with van der Waals surface area (Å²) < 4.78 is 0. The van der Waals surface area contributed by atoms with E-state index in [9.17, 15) is 0 Å². The first-order valence-electron chi connectivity index (χ1n) is 6.78. The average molecular weight is 227 g/mol. The highest BCUT2D eigenvalue weighted by Crippen LogP contribution is 2.17. The van der Waals surface area contributed by atoms with Crippen molar-refractivity contribution in [2.45, 2.75) is 45.2 Å². The Hall–Kier alpha value is -0.120. The molecule has 0 amide bonds. The van der Waals surface area contributed by atoms with Crippen LogP contribution in [-0.4, -0.2) is 62.2 Å². The van der Waals surface area contributed by atoms with Crippen molar-refractivity contribution in [1.82, 2.24) is 15.1 Å². The molecular weight excluding hydrogens is 198 g/mol. The van der Waals surface area contributed by atoms with Crippen molar-refractivity contribution in [2.24, 2.45) is 0 Å². The van der Waals surface area contributed by atoms with Gasteiger partial charge in [-0.1, -0.05) is 6.92 Å². The van der Waals surface area contributed by atoms with Crippen molar-refractivity contribution in [3.05, 3.63) is 0 Å². The smallest absolute Gasteiger partial charge is 0.0119 e. The van der Waals surface area contributed by atoms with Crippen LogP contribution < -0.4 is 5.32 Å². The Balaban J connectivity index is 2.29. The Morgan fingerprint density at radius 2 is 2.00 bits per heavy atom. The van der Waals surface area contributed by atoms with Crippen molar-refractivity contribution in [1.29, 1.82) is 0 Å². The van der Waals surface area contributed by atoms with Gasteiger partial charge in [-0.25, -0.2) is 0 Å². The Labute approximate surface area is 101 Å². The van der Waals surface area contributed by atoms with Crippen molar-refractivity contribution in [3.63, 3.8) is 0 Å². The van der Waals surface area contributed by atoms with Crippen LogP contribution in [0.2, 0.25) is 0 Å². The standard InChI is InChI=1S/C13H29N3/c1-5-16-10-7-13(8-11-16)15(4)12(2)6-9-14-3/h12-14H,5-11H2,1-4H3. The molecule has 0 aromatic rings. The van der Waals surface area contributed by atoms with Crippen molar-refractivity contribution in [3.8, 4) is 0 Å². The largest absolute Gasteiger partial charge is 0.320 e. The van der Waals surface area contributed by atoms with Gasteiger partial charge in [-0.3, -0.25) is 0 Å². The fraction of sp³-hybridized carbons (Fsp3) is 1.00. The van der Waals surface area contributed by atoms with Gasteiger partial charge in [-0.2, -0.15) is 0 Å². The van der Waals surface area contributed by atoms with Crippen molar-refractivity contribution >= 4 is 0 Å². The van der Waals surface area contributed by atoms with Gasteiger partial charge in [0.1, 0.15) is 0 Å². The van der Waals surface area contributed by atoms with E-state index < -0.39 is 0 Å². The van der Waals surface area contributed by atoms with Gasteiger partial charge in [-0.05, 0) is 66.5 Å². The fourth-order valence-electron chi connectivity index (χ4n) is 2.56. The summed E-state index contributed by atoms with van der Waals surface area (Å²) in [4.78, 5) is 5.15. The topological polar surface area (TPSA) is 18.5 Å². The van der Waals surface area contributed by atoms with Crippen LogP contribution in [0.1, 0.15) is 33.1 Å². The molecule has 0 aromatic heterocycles. The summed E-state index contributed by atoms with van der Waals surface area (Å²) in [5.41, 5.74) is 0. The molecule has 3 nitrogen and oxygen atoms in total. The zero-order valence-electron chi connectivity index (χ0n) is 11.5. The van der Waals surface area contributed by atoms with E-state index >= 15 is 0 Å². The summed E-state index contributed by atoms with van der Waals surface area (Å²) in [7, 11) is 4.33. The normalized spacial score (nSPS) is 21.6. The number of rotatable bonds is 6. The predicted octanol–water partition coefficient (Wildman–Crippen LogP) is 1.40. The van der Waals surface area contributed by atoms with E-state index in [-0.39, 0.29) is 0 Å². The van der Waals surface area contributed by atoms with Crippen LogP contribution in [0.3, 0.4) is 0 Å². The molecule has 1 saturated heterocycles. The van der Waals surface area contributed by atoms with Crippen LogP contribution >= 0.6 is 0 Å². The first-order valence-corrected chi connectivity index (χ1v) is 6.78. The summed E-state index contributed by atoms with van der Waals surface area (Å²) in [6.07, 6.45) is 3.93. The third kappa shape index (κ3) is 4.04. The van der Waals surface area contributed by atoms with E-state index in [0.29, 0.717) is 6.04 Å². The second-order valence-corrected chi connectivity index (χ2v) is 5.07. The highest BCUT2D eigenvalue weighted by Gasteiger charge is 2.23. The molecule has 0 saturated carbocycles. The van der Waals surface area contributed by atoms with E-state index in [1.165, 1.54) is 38.9 Å². The van der Waals surface area contributed by atoms with Gasteiger partial charge in [0.05, 0.1) is 0 Å². The fourth-order valence-corrected chi connectivity index (χ4v) is 2.56. The van der Waals surface area contributed by atoms with Gasteiger partial charge in [-0.15, -0.1) is 0 Å². The average Bonchev–Trinajstić information content (AvgIpc) is 2.35. The maximum absolute atomic E-state index is 3.24. The van der Waals surface area contributed by atoms with Gasteiger partial charge in [0.25, 0.3) is 0 Å². The third-order valence-corrected chi connectivity index (χ3v) is 4.09. The van der Waals surface area contributed by atoms with Crippen molar-refractivity contribution < 1.29 is 0 Å². The minimum atomic E-state index is 0.700. The zero-order valence-corrected chi connectivity index (χ0v) is 11.5. The molecule has 96 valence electrons. The Kier molecular flexibility index (Phi) is 6.32. The number of piperidine rings is 1. The molecule has 1 heterocycles. The van der Waals surface area contributed by atoms with Gasteiger partial charge in [0.2, 0.25) is 0 Å². The van der Waals surface area contributed by atoms with Crippen LogP contribution in [0.25, 0.3) is 0 Å². The molecule has 0 spiro atoms. The first-order chi connectivity index (χ1) is 7.69. The Bertz CT molecular complexity index is 176. The molecule has 16 heavy (non-hydrogen) atoms. The Morgan fingerprint density at radius 1 is 1.38 bits per heavy atom. The molecule has 0 radical (unpaired) electrons. The molecule has 1 rings (SSSR count). The lowest BCUT2D eigenvalue weighted by Crippen LogP contribution is -2.46. The maximum atomic E-state index is 3.24. The van der Waals surface area contributed by atoms with Gasteiger partial charge in [0, 0.05) is 12.1 Å². The van der Waals surface area contributed by atoms with Crippen LogP contribution in [0.5, 0.6) is 0 Å². The molecule has 1 unspecified atom stereocenters. The number of nitrogens with zero attached hydrogens (tertiary/aromatic N) is 2. The summed E-state index contributed by atoms with van der Waals surface area (Å²) >= 11 is 0. The van der Waals surface area contributed by atoms with Crippen LogP contribution in [0.4, 0.5) is 0 Å². The summed E-state index contributed by atoms with van der Waals surface area (Å²) in [6.45, 7) is 9.52. The van der Waals surface area contributed by atoms with Crippen LogP contribution in [0.15, 0.2) is 0 Å². The number of nitrogens with one attached hydrogen (secondary N) is 1. The Morgan fingerprint density at radius 3 is 2.50 bits per heavy atom. The molecule has 1 fully saturated rings. The molecule has 0 aromatic carbocycles. The maximum Gasteiger partial charge on any atom is 0.0119 e. The summed E-state index contributed by atoms with van der Waals surface area (Å²) in [6, 6.07) is 1.50. The van der Waals surface area contributed by atoms with Crippen molar-refractivity contribution in [2.75, 3.05) is 40.3 Å². The minimum Gasteiger partial charge on any atom is -0.320 e.